The Morgan fingerprint density at radius 1 is 0.929 bits per heavy atom. The van der Waals surface area contributed by atoms with E-state index in [1.165, 1.54) is 5.56 Å². The largest absolute Gasteiger partial charge is 0.336 e. The molecule has 28 heavy (non-hydrogen) atoms. The van der Waals surface area contributed by atoms with Crippen LogP contribution in [0.4, 0.5) is 5.69 Å². The fourth-order valence-electron chi connectivity index (χ4n) is 3.61. The number of hydrogen-bond donors (Lipinski definition) is 1. The third-order valence-electron chi connectivity index (χ3n) is 5.54. The maximum Gasteiger partial charge on any atom is 0.254 e. The van der Waals surface area contributed by atoms with E-state index in [0.717, 1.165) is 52.0 Å². The maximum absolute atomic E-state index is 12.9. The van der Waals surface area contributed by atoms with Crippen LogP contribution in [0.25, 0.3) is 0 Å². The van der Waals surface area contributed by atoms with E-state index in [1.807, 2.05) is 29.2 Å². The lowest BCUT2D eigenvalue weighted by Crippen LogP contribution is -2.49. The van der Waals surface area contributed by atoms with E-state index in [1.54, 1.807) is 6.07 Å². The van der Waals surface area contributed by atoms with E-state index in [-0.39, 0.29) is 17.7 Å². The summed E-state index contributed by atoms with van der Waals surface area (Å²) in [5, 5.41) is 2.92. The molecule has 1 aliphatic carbocycles. The van der Waals surface area contributed by atoms with E-state index < -0.39 is 0 Å². The van der Waals surface area contributed by atoms with Gasteiger partial charge in [0.05, 0.1) is 0 Å². The summed E-state index contributed by atoms with van der Waals surface area (Å²) in [6.45, 7) is 4.31. The maximum atomic E-state index is 12.9. The summed E-state index contributed by atoms with van der Waals surface area (Å²) >= 11 is 0. The van der Waals surface area contributed by atoms with Gasteiger partial charge in [-0.25, -0.2) is 0 Å². The highest BCUT2D eigenvalue weighted by atomic mass is 16.2. The second-order valence-corrected chi connectivity index (χ2v) is 7.71. The number of carbonyl (C=O) groups is 2. The smallest absolute Gasteiger partial charge is 0.254 e. The lowest BCUT2D eigenvalue weighted by atomic mass is 10.1. The molecular formula is C23H27N3O2. The minimum atomic E-state index is 0.0465. The first kappa shape index (κ1) is 18.7. The molecule has 4 rings (SSSR count). The van der Waals surface area contributed by atoms with Crippen molar-refractivity contribution in [2.45, 2.75) is 19.3 Å². The second-order valence-electron chi connectivity index (χ2n) is 7.71. The molecule has 2 amide bonds. The molecule has 146 valence electrons. The van der Waals surface area contributed by atoms with Gasteiger partial charge in [0.15, 0.2) is 0 Å². The Labute approximate surface area is 166 Å². The van der Waals surface area contributed by atoms with Gasteiger partial charge in [0.1, 0.15) is 0 Å². The molecule has 1 saturated heterocycles. The van der Waals surface area contributed by atoms with Crippen molar-refractivity contribution in [2.24, 2.45) is 5.92 Å². The monoisotopic (exact) mass is 377 g/mol. The van der Waals surface area contributed by atoms with Gasteiger partial charge >= 0.3 is 0 Å². The quantitative estimate of drug-likeness (QED) is 0.842. The average Bonchev–Trinajstić information content (AvgIpc) is 3.59. The molecule has 1 heterocycles. The second kappa shape index (κ2) is 8.57. The van der Waals surface area contributed by atoms with Crippen LogP contribution in [0.5, 0.6) is 0 Å². The molecule has 0 aromatic heterocycles. The van der Waals surface area contributed by atoms with Gasteiger partial charge in [-0.15, -0.1) is 0 Å². The number of amides is 2. The Kier molecular flexibility index (Phi) is 5.72. The van der Waals surface area contributed by atoms with Crippen LogP contribution in [0.2, 0.25) is 0 Å². The van der Waals surface area contributed by atoms with Crippen molar-refractivity contribution < 1.29 is 9.59 Å². The van der Waals surface area contributed by atoms with Crippen LogP contribution in [-0.2, 0) is 11.2 Å². The molecule has 1 saturated carbocycles. The first-order chi connectivity index (χ1) is 13.7. The van der Waals surface area contributed by atoms with Crippen LogP contribution in [0.1, 0.15) is 28.8 Å². The third-order valence-corrected chi connectivity index (χ3v) is 5.54. The topological polar surface area (TPSA) is 52.7 Å². The Bertz CT molecular complexity index is 825. The van der Waals surface area contributed by atoms with Crippen LogP contribution in [0.3, 0.4) is 0 Å². The van der Waals surface area contributed by atoms with Crippen LogP contribution >= 0.6 is 0 Å². The molecule has 0 spiro atoms. The number of anilines is 1. The molecule has 2 aromatic rings. The molecule has 0 atom stereocenters. The van der Waals surface area contributed by atoms with E-state index in [2.05, 4.69) is 34.5 Å². The van der Waals surface area contributed by atoms with Crippen molar-refractivity contribution in [1.82, 2.24) is 9.80 Å². The Morgan fingerprint density at radius 2 is 1.68 bits per heavy atom. The lowest BCUT2D eigenvalue weighted by Gasteiger charge is -2.34. The fraction of sp³-hybridized carbons (Fsp3) is 0.391. The van der Waals surface area contributed by atoms with Gasteiger partial charge in [0.25, 0.3) is 5.91 Å². The molecule has 0 unspecified atom stereocenters. The third kappa shape index (κ3) is 4.78. The number of nitrogens with one attached hydrogen (secondary N) is 1. The number of hydrogen-bond acceptors (Lipinski definition) is 3. The average molecular weight is 377 g/mol. The Balaban J connectivity index is 1.28. The van der Waals surface area contributed by atoms with Crippen molar-refractivity contribution in [1.29, 1.82) is 0 Å². The SMILES string of the molecule is O=C(Nc1cccc(C(=O)N2CCN(CCc3ccccc3)CC2)c1)C1CC1. The molecule has 2 aliphatic rings. The molecule has 2 fully saturated rings. The normalized spacial score (nSPS) is 17.4. The van der Waals surface area contributed by atoms with Gasteiger partial charge in [0, 0.05) is 49.9 Å². The van der Waals surface area contributed by atoms with Crippen molar-refractivity contribution in [3.8, 4) is 0 Å². The molecule has 5 nitrogen and oxygen atoms in total. The summed E-state index contributed by atoms with van der Waals surface area (Å²) in [7, 11) is 0. The first-order valence-electron chi connectivity index (χ1n) is 10.2. The number of benzene rings is 2. The molecule has 5 heteroatoms. The van der Waals surface area contributed by atoms with Crippen molar-refractivity contribution in [3.05, 3.63) is 65.7 Å². The van der Waals surface area contributed by atoms with E-state index in [9.17, 15) is 9.59 Å². The first-order valence-corrected chi connectivity index (χ1v) is 10.2. The summed E-state index contributed by atoms with van der Waals surface area (Å²) in [5.74, 6) is 0.269. The van der Waals surface area contributed by atoms with Crippen LogP contribution in [0, 0.1) is 5.92 Å². The predicted molar refractivity (Wildman–Crippen MR) is 110 cm³/mol. The van der Waals surface area contributed by atoms with Crippen molar-refractivity contribution in [2.75, 3.05) is 38.0 Å². The zero-order valence-electron chi connectivity index (χ0n) is 16.1. The number of rotatable bonds is 6. The molecule has 0 radical (unpaired) electrons. The number of nitrogens with zero attached hydrogens (tertiary/aromatic N) is 2. The minimum absolute atomic E-state index is 0.0465. The van der Waals surface area contributed by atoms with E-state index in [0.29, 0.717) is 11.3 Å². The highest BCUT2D eigenvalue weighted by Crippen LogP contribution is 2.30. The highest BCUT2D eigenvalue weighted by molar-refractivity contribution is 5.98. The van der Waals surface area contributed by atoms with Crippen LogP contribution in [0.15, 0.2) is 54.6 Å². The Hall–Kier alpha value is -2.66. The summed E-state index contributed by atoms with van der Waals surface area (Å²) in [5.41, 5.74) is 2.71. The van der Waals surface area contributed by atoms with Gasteiger partial charge in [0.2, 0.25) is 5.91 Å². The van der Waals surface area contributed by atoms with Crippen LogP contribution in [-0.4, -0.2) is 54.3 Å². The summed E-state index contributed by atoms with van der Waals surface area (Å²) in [6.07, 6.45) is 2.98. The standard InChI is InChI=1S/C23H27N3O2/c27-22(19-9-10-19)24-21-8-4-7-20(17-21)23(28)26-15-13-25(14-16-26)12-11-18-5-2-1-3-6-18/h1-8,17,19H,9-16H2,(H,24,27). The lowest BCUT2D eigenvalue weighted by molar-refractivity contribution is -0.117. The van der Waals surface area contributed by atoms with Crippen molar-refractivity contribution in [3.63, 3.8) is 0 Å². The van der Waals surface area contributed by atoms with E-state index >= 15 is 0 Å². The van der Waals surface area contributed by atoms with Gasteiger partial charge in [-0.1, -0.05) is 36.4 Å². The minimum Gasteiger partial charge on any atom is -0.336 e. The molecule has 1 aliphatic heterocycles. The van der Waals surface area contributed by atoms with Crippen LogP contribution < -0.4 is 5.32 Å². The Morgan fingerprint density at radius 3 is 2.39 bits per heavy atom. The number of carbonyl (C=O) groups excluding carboxylic acids is 2. The van der Waals surface area contributed by atoms with Gasteiger partial charge < -0.3 is 10.2 Å². The zero-order valence-corrected chi connectivity index (χ0v) is 16.1. The predicted octanol–water partition coefficient (Wildman–Crippen LogP) is 3.04. The van der Waals surface area contributed by atoms with Crippen molar-refractivity contribution >= 4 is 17.5 Å². The molecule has 0 bridgehead atoms. The number of piperazine rings is 1. The van der Waals surface area contributed by atoms with Gasteiger partial charge in [-0.2, -0.15) is 0 Å². The highest BCUT2D eigenvalue weighted by Gasteiger charge is 2.29. The summed E-state index contributed by atoms with van der Waals surface area (Å²) in [6, 6.07) is 17.8. The molecule has 2 aromatic carbocycles. The van der Waals surface area contributed by atoms with Gasteiger partial charge in [-0.05, 0) is 43.0 Å². The van der Waals surface area contributed by atoms with Gasteiger partial charge in [-0.3, -0.25) is 14.5 Å². The molecule has 1 N–H and O–H groups in total. The fourth-order valence-corrected chi connectivity index (χ4v) is 3.61. The molecular weight excluding hydrogens is 350 g/mol. The summed E-state index contributed by atoms with van der Waals surface area (Å²) < 4.78 is 0. The summed E-state index contributed by atoms with van der Waals surface area (Å²) in [4.78, 5) is 29.1. The van der Waals surface area contributed by atoms with E-state index in [4.69, 9.17) is 0 Å². The zero-order chi connectivity index (χ0) is 19.3.